The van der Waals surface area contributed by atoms with Gasteiger partial charge in [-0.05, 0) is 31.9 Å². The number of alkyl halides is 2. The summed E-state index contributed by atoms with van der Waals surface area (Å²) < 4.78 is 49.0. The summed E-state index contributed by atoms with van der Waals surface area (Å²) in [6.45, 7) is 3.13. The van der Waals surface area contributed by atoms with Crippen LogP contribution in [0.5, 0.6) is 0 Å². The number of aryl methyl sites for hydroxylation is 1. The molecule has 9 nitrogen and oxygen atoms in total. The van der Waals surface area contributed by atoms with Gasteiger partial charge >= 0.3 is 0 Å². The van der Waals surface area contributed by atoms with E-state index >= 15 is 0 Å². The van der Waals surface area contributed by atoms with Gasteiger partial charge in [-0.3, -0.25) is 4.79 Å². The number of rotatable bonds is 5. The molecule has 2 aliphatic rings. The van der Waals surface area contributed by atoms with E-state index in [0.717, 1.165) is 24.9 Å². The summed E-state index contributed by atoms with van der Waals surface area (Å²) in [4.78, 5) is 30.9. The smallest absolute Gasteiger partial charge is 0.272 e. The second kappa shape index (κ2) is 9.84. The molecule has 2 fully saturated rings. The molecule has 0 radical (unpaired) electrons. The molecule has 3 aromatic heterocycles. The minimum atomic E-state index is -2.73. The van der Waals surface area contributed by atoms with E-state index in [4.69, 9.17) is 4.74 Å². The van der Waals surface area contributed by atoms with Crippen LogP contribution in [-0.2, 0) is 4.74 Å². The molecule has 5 rings (SSSR count). The van der Waals surface area contributed by atoms with Gasteiger partial charge in [-0.15, -0.1) is 0 Å². The van der Waals surface area contributed by atoms with Gasteiger partial charge in [0.2, 0.25) is 5.95 Å². The number of pyridine rings is 1. The van der Waals surface area contributed by atoms with Gasteiger partial charge in [-0.2, -0.15) is 0 Å². The zero-order valence-corrected chi connectivity index (χ0v) is 19.8. The quantitative estimate of drug-likeness (QED) is 0.561. The molecular formula is C24H26F3N7O2. The van der Waals surface area contributed by atoms with Crippen LogP contribution in [0.15, 0.2) is 30.7 Å². The van der Waals surface area contributed by atoms with Crippen molar-refractivity contribution in [2.45, 2.75) is 44.6 Å². The van der Waals surface area contributed by atoms with Crippen LogP contribution in [0.1, 0.15) is 48.0 Å². The number of piperidine rings is 1. The number of hydrogen-bond acceptors (Lipinski definition) is 7. The van der Waals surface area contributed by atoms with E-state index < -0.39 is 17.6 Å². The maximum atomic E-state index is 14.8. The van der Waals surface area contributed by atoms with Crippen LogP contribution in [-0.4, -0.2) is 67.5 Å². The minimum absolute atomic E-state index is 0.0103. The topological polar surface area (TPSA) is 98.1 Å². The van der Waals surface area contributed by atoms with Crippen LogP contribution in [0.4, 0.5) is 24.8 Å². The summed E-state index contributed by atoms with van der Waals surface area (Å²) in [5.74, 6) is -2.77. The Balaban J connectivity index is 1.32. The Kier molecular flexibility index (Phi) is 6.61. The number of amides is 1. The lowest BCUT2D eigenvalue weighted by Gasteiger charge is -2.31. The van der Waals surface area contributed by atoms with Crippen molar-refractivity contribution in [3.63, 3.8) is 0 Å². The third-order valence-corrected chi connectivity index (χ3v) is 6.55. The van der Waals surface area contributed by atoms with Crippen molar-refractivity contribution < 1.29 is 22.7 Å². The van der Waals surface area contributed by atoms with Gasteiger partial charge < -0.3 is 19.5 Å². The standard InChI is InChI=1S/C24H26F3N7O2/c1-15-28-14-20(34(15)17-4-10-36-11-5-17)21-18(25)13-30-23(32-21)31-16-2-3-19(29-12-16)22(35)33-8-6-24(26,27)7-9-33/h2-3,12-14,17H,4-11H2,1H3,(H,30,31,32). The SMILES string of the molecule is Cc1ncc(-c2nc(Nc3ccc(C(=O)N4CCC(F)(F)CC4)nc3)ncc2F)n1C1CCOCC1. The first-order chi connectivity index (χ1) is 17.3. The van der Waals surface area contributed by atoms with Gasteiger partial charge in [-0.25, -0.2) is 33.1 Å². The molecule has 12 heteroatoms. The van der Waals surface area contributed by atoms with Gasteiger partial charge in [0.05, 0.1) is 30.0 Å². The fourth-order valence-electron chi connectivity index (χ4n) is 4.56. The van der Waals surface area contributed by atoms with Crippen LogP contribution >= 0.6 is 0 Å². The third kappa shape index (κ3) is 5.03. The highest BCUT2D eigenvalue weighted by Crippen LogP contribution is 2.31. The molecule has 2 aliphatic heterocycles. The van der Waals surface area contributed by atoms with E-state index in [1.807, 2.05) is 11.5 Å². The van der Waals surface area contributed by atoms with Crippen LogP contribution in [0, 0.1) is 12.7 Å². The highest BCUT2D eigenvalue weighted by atomic mass is 19.3. The highest BCUT2D eigenvalue weighted by molar-refractivity contribution is 5.92. The number of carbonyl (C=O) groups is 1. The molecule has 2 saturated heterocycles. The van der Waals surface area contributed by atoms with Gasteiger partial charge in [-0.1, -0.05) is 0 Å². The largest absolute Gasteiger partial charge is 0.381 e. The van der Waals surface area contributed by atoms with Gasteiger partial charge in [0.25, 0.3) is 11.8 Å². The second-order valence-corrected chi connectivity index (χ2v) is 9.00. The zero-order chi connectivity index (χ0) is 25.3. The zero-order valence-electron chi connectivity index (χ0n) is 19.8. The predicted octanol–water partition coefficient (Wildman–Crippen LogP) is 4.15. The molecule has 0 bridgehead atoms. The number of anilines is 2. The Morgan fingerprint density at radius 1 is 1.08 bits per heavy atom. The van der Waals surface area contributed by atoms with Crippen molar-refractivity contribution in [3.8, 4) is 11.4 Å². The molecule has 36 heavy (non-hydrogen) atoms. The normalized spacial score (nSPS) is 18.3. The fraction of sp³-hybridized carbons (Fsp3) is 0.458. The molecule has 0 spiro atoms. The Labute approximate surface area is 205 Å². The first-order valence-electron chi connectivity index (χ1n) is 11.9. The number of nitrogens with zero attached hydrogens (tertiary/aromatic N) is 6. The predicted molar refractivity (Wildman–Crippen MR) is 125 cm³/mol. The van der Waals surface area contributed by atoms with E-state index in [9.17, 15) is 18.0 Å². The van der Waals surface area contributed by atoms with Crippen molar-refractivity contribution in [1.29, 1.82) is 0 Å². The number of halogens is 3. The van der Waals surface area contributed by atoms with Crippen LogP contribution in [0.2, 0.25) is 0 Å². The number of imidazole rings is 1. The van der Waals surface area contributed by atoms with Crippen molar-refractivity contribution in [2.75, 3.05) is 31.6 Å². The molecule has 190 valence electrons. The Morgan fingerprint density at radius 3 is 2.53 bits per heavy atom. The lowest BCUT2D eigenvalue weighted by atomic mass is 10.1. The maximum absolute atomic E-state index is 14.8. The van der Waals surface area contributed by atoms with Crippen molar-refractivity contribution >= 4 is 17.5 Å². The first-order valence-corrected chi connectivity index (χ1v) is 11.9. The van der Waals surface area contributed by atoms with E-state index in [0.29, 0.717) is 24.6 Å². The summed E-state index contributed by atoms with van der Waals surface area (Å²) in [6.07, 6.45) is 5.04. The first kappa shape index (κ1) is 24.2. The molecule has 0 saturated carbocycles. The Bertz CT molecular complexity index is 1230. The summed E-state index contributed by atoms with van der Waals surface area (Å²) in [5, 5.41) is 2.98. The molecule has 5 heterocycles. The monoisotopic (exact) mass is 501 g/mol. The lowest BCUT2D eigenvalue weighted by molar-refractivity contribution is -0.0495. The summed E-state index contributed by atoms with van der Waals surface area (Å²) in [5.41, 5.74) is 1.33. The summed E-state index contributed by atoms with van der Waals surface area (Å²) in [7, 11) is 0. The highest BCUT2D eigenvalue weighted by Gasteiger charge is 2.36. The van der Waals surface area contributed by atoms with Gasteiger partial charge in [0.1, 0.15) is 17.2 Å². The van der Waals surface area contributed by atoms with Gasteiger partial charge in [0, 0.05) is 45.2 Å². The number of ether oxygens (including phenoxy) is 1. The van der Waals surface area contributed by atoms with E-state index in [1.54, 1.807) is 12.3 Å². The number of likely N-dealkylation sites (tertiary alicyclic amines) is 1. The number of carbonyl (C=O) groups excluding carboxylic acids is 1. The molecule has 0 aliphatic carbocycles. The van der Waals surface area contributed by atoms with Crippen molar-refractivity contribution in [1.82, 2.24) is 29.4 Å². The number of nitrogens with one attached hydrogen (secondary N) is 1. The molecule has 1 N–H and O–H groups in total. The lowest BCUT2D eigenvalue weighted by Crippen LogP contribution is -2.42. The second-order valence-electron chi connectivity index (χ2n) is 9.00. The number of aromatic nitrogens is 5. The van der Waals surface area contributed by atoms with E-state index in [-0.39, 0.29) is 49.3 Å². The minimum Gasteiger partial charge on any atom is -0.381 e. The number of hydrogen-bond donors (Lipinski definition) is 1. The fourth-order valence-corrected chi connectivity index (χ4v) is 4.56. The van der Waals surface area contributed by atoms with E-state index in [1.165, 1.54) is 17.2 Å². The van der Waals surface area contributed by atoms with Crippen LogP contribution in [0.3, 0.4) is 0 Å². The molecule has 0 aromatic carbocycles. The Hall–Kier alpha value is -3.54. The van der Waals surface area contributed by atoms with Crippen LogP contribution < -0.4 is 5.32 Å². The Morgan fingerprint density at radius 2 is 1.83 bits per heavy atom. The van der Waals surface area contributed by atoms with Gasteiger partial charge in [0.15, 0.2) is 5.82 Å². The van der Waals surface area contributed by atoms with E-state index in [2.05, 4.69) is 25.3 Å². The van der Waals surface area contributed by atoms with Crippen LogP contribution in [0.25, 0.3) is 11.4 Å². The van der Waals surface area contributed by atoms with Crippen molar-refractivity contribution in [2.24, 2.45) is 0 Å². The third-order valence-electron chi connectivity index (χ3n) is 6.55. The molecular weight excluding hydrogens is 475 g/mol. The average Bonchev–Trinajstić information content (AvgIpc) is 3.27. The maximum Gasteiger partial charge on any atom is 0.272 e. The molecule has 0 unspecified atom stereocenters. The summed E-state index contributed by atoms with van der Waals surface area (Å²) in [6, 6.07) is 3.26. The molecule has 3 aromatic rings. The molecule has 1 amide bonds. The average molecular weight is 502 g/mol. The van der Waals surface area contributed by atoms with Crippen molar-refractivity contribution in [3.05, 3.63) is 48.1 Å². The molecule has 0 atom stereocenters. The summed E-state index contributed by atoms with van der Waals surface area (Å²) >= 11 is 0.